The molecule has 0 spiro atoms. The van der Waals surface area contributed by atoms with E-state index >= 15 is 0 Å². The topological polar surface area (TPSA) is 66.5 Å². The van der Waals surface area contributed by atoms with Gasteiger partial charge < -0.3 is 5.32 Å². The molecule has 0 radical (unpaired) electrons. The normalized spacial score (nSPS) is 11.8. The number of nitrogens with zero attached hydrogens (tertiary/aromatic N) is 3. The first kappa shape index (κ1) is 14.0. The molecule has 19 heavy (non-hydrogen) atoms. The van der Waals surface area contributed by atoms with Gasteiger partial charge in [0.05, 0.1) is 6.20 Å². The summed E-state index contributed by atoms with van der Waals surface area (Å²) in [7, 11) is 0. The minimum absolute atomic E-state index is 0.0749. The molecule has 0 aliphatic rings. The molecule has 0 fully saturated rings. The summed E-state index contributed by atoms with van der Waals surface area (Å²) < 4.78 is 0. The van der Waals surface area contributed by atoms with Gasteiger partial charge in [-0.3, -0.25) is 5.10 Å². The maximum atomic E-state index is 4.22. The van der Waals surface area contributed by atoms with Crippen LogP contribution in [0.5, 0.6) is 0 Å². The van der Waals surface area contributed by atoms with Gasteiger partial charge in [-0.2, -0.15) is 5.10 Å². The van der Waals surface area contributed by atoms with Crippen molar-refractivity contribution < 1.29 is 0 Å². The van der Waals surface area contributed by atoms with Crippen molar-refractivity contribution >= 4 is 16.5 Å². The van der Waals surface area contributed by atoms with Crippen molar-refractivity contribution in [3.8, 4) is 0 Å². The van der Waals surface area contributed by atoms with E-state index in [1.54, 1.807) is 11.3 Å². The van der Waals surface area contributed by atoms with E-state index in [0.717, 1.165) is 35.2 Å². The number of rotatable bonds is 5. The third kappa shape index (κ3) is 3.76. The number of anilines is 1. The van der Waals surface area contributed by atoms with Crippen LogP contribution in [-0.4, -0.2) is 26.9 Å². The molecule has 0 aliphatic heterocycles. The second-order valence-electron chi connectivity index (χ2n) is 5.71. The Bertz CT molecular complexity index is 523. The third-order valence-corrected chi connectivity index (χ3v) is 4.21. The molecule has 0 aromatic carbocycles. The molecule has 0 saturated heterocycles. The quantitative estimate of drug-likeness (QED) is 0.826. The molecule has 0 atom stereocenters. The van der Waals surface area contributed by atoms with Crippen LogP contribution in [0.4, 0.5) is 5.13 Å². The smallest absolute Gasteiger partial charge is 0.205 e. The minimum Gasteiger partial charge on any atom is -0.360 e. The fourth-order valence-electron chi connectivity index (χ4n) is 1.70. The zero-order chi connectivity index (χ0) is 13.9. The maximum absolute atomic E-state index is 4.22. The Labute approximate surface area is 117 Å². The first-order valence-electron chi connectivity index (χ1n) is 6.53. The van der Waals surface area contributed by atoms with Crippen LogP contribution >= 0.6 is 11.3 Å². The van der Waals surface area contributed by atoms with Crippen molar-refractivity contribution in [1.82, 2.24) is 20.4 Å². The van der Waals surface area contributed by atoms with Gasteiger partial charge in [-0.1, -0.05) is 32.1 Å². The fraction of sp³-hybridized carbons (Fsp3) is 0.615. The Morgan fingerprint density at radius 3 is 2.68 bits per heavy atom. The lowest BCUT2D eigenvalue weighted by atomic mass is 9.98. The van der Waals surface area contributed by atoms with Gasteiger partial charge in [-0.15, -0.1) is 10.2 Å². The van der Waals surface area contributed by atoms with Gasteiger partial charge in [-0.25, -0.2) is 0 Å². The molecule has 0 unspecified atom stereocenters. The molecule has 104 valence electrons. The molecule has 0 amide bonds. The highest BCUT2D eigenvalue weighted by Gasteiger charge is 2.19. The van der Waals surface area contributed by atoms with Crippen LogP contribution in [-0.2, 0) is 11.8 Å². The van der Waals surface area contributed by atoms with E-state index in [9.17, 15) is 0 Å². The van der Waals surface area contributed by atoms with Crippen LogP contribution in [0.25, 0.3) is 0 Å². The largest absolute Gasteiger partial charge is 0.360 e. The molecule has 2 aromatic rings. The van der Waals surface area contributed by atoms with Crippen molar-refractivity contribution in [2.45, 2.75) is 46.0 Å². The average molecular weight is 279 g/mol. The lowest BCUT2D eigenvalue weighted by Crippen LogP contribution is -2.10. The number of aryl methyl sites for hydroxylation is 2. The Hall–Kier alpha value is -1.43. The number of hydrogen-bond donors (Lipinski definition) is 2. The van der Waals surface area contributed by atoms with Crippen LogP contribution in [0, 0.1) is 6.92 Å². The monoisotopic (exact) mass is 279 g/mol. The van der Waals surface area contributed by atoms with Crippen molar-refractivity contribution in [2.75, 3.05) is 11.9 Å². The lowest BCUT2D eigenvalue weighted by molar-refractivity contribution is 0.578. The van der Waals surface area contributed by atoms with Gasteiger partial charge in [0.1, 0.15) is 5.01 Å². The van der Waals surface area contributed by atoms with Crippen molar-refractivity contribution in [3.63, 3.8) is 0 Å². The molecule has 0 aliphatic carbocycles. The van der Waals surface area contributed by atoms with Crippen LogP contribution in [0.1, 0.15) is 43.5 Å². The van der Waals surface area contributed by atoms with Crippen LogP contribution in [0.2, 0.25) is 0 Å². The number of aromatic nitrogens is 4. The van der Waals surface area contributed by atoms with E-state index in [-0.39, 0.29) is 5.41 Å². The average Bonchev–Trinajstić information content (AvgIpc) is 2.93. The Balaban J connectivity index is 1.77. The zero-order valence-corrected chi connectivity index (χ0v) is 12.8. The highest BCUT2D eigenvalue weighted by atomic mass is 32.1. The summed E-state index contributed by atoms with van der Waals surface area (Å²) >= 11 is 1.64. The molecular weight excluding hydrogens is 258 g/mol. The Morgan fingerprint density at radius 1 is 1.32 bits per heavy atom. The fourth-order valence-corrected chi connectivity index (χ4v) is 2.53. The molecule has 5 nitrogen and oxygen atoms in total. The zero-order valence-electron chi connectivity index (χ0n) is 11.9. The van der Waals surface area contributed by atoms with Crippen molar-refractivity contribution in [1.29, 1.82) is 0 Å². The summed E-state index contributed by atoms with van der Waals surface area (Å²) in [5.74, 6) is 0. The van der Waals surface area contributed by atoms with E-state index in [2.05, 4.69) is 53.4 Å². The molecule has 0 saturated carbocycles. The van der Waals surface area contributed by atoms with Gasteiger partial charge in [0.2, 0.25) is 5.13 Å². The van der Waals surface area contributed by atoms with Crippen LogP contribution < -0.4 is 5.32 Å². The van der Waals surface area contributed by atoms with Gasteiger partial charge in [0.25, 0.3) is 0 Å². The lowest BCUT2D eigenvalue weighted by Gasteiger charge is -2.12. The summed E-state index contributed by atoms with van der Waals surface area (Å²) in [4.78, 5) is 0. The highest BCUT2D eigenvalue weighted by molar-refractivity contribution is 7.15. The Kier molecular flexibility index (Phi) is 4.19. The number of H-pyrrole nitrogens is 1. The van der Waals surface area contributed by atoms with E-state index < -0.39 is 0 Å². The molecular formula is C13H21N5S. The molecule has 2 heterocycles. The Morgan fingerprint density at radius 2 is 2.11 bits per heavy atom. The van der Waals surface area contributed by atoms with E-state index in [4.69, 9.17) is 0 Å². The van der Waals surface area contributed by atoms with Gasteiger partial charge in [-0.05, 0) is 25.3 Å². The van der Waals surface area contributed by atoms with Gasteiger partial charge in [0.15, 0.2) is 0 Å². The van der Waals surface area contributed by atoms with Crippen LogP contribution in [0.15, 0.2) is 6.20 Å². The summed E-state index contributed by atoms with van der Waals surface area (Å²) in [5.41, 5.74) is 2.52. The highest BCUT2D eigenvalue weighted by Crippen LogP contribution is 2.27. The molecule has 2 rings (SSSR count). The van der Waals surface area contributed by atoms with Gasteiger partial charge >= 0.3 is 0 Å². The SMILES string of the molecule is Cc1[nH]ncc1CCCNc1nnc(C(C)(C)C)s1. The van der Waals surface area contributed by atoms with Crippen molar-refractivity contribution in [3.05, 3.63) is 22.5 Å². The molecule has 0 bridgehead atoms. The first-order chi connectivity index (χ1) is 8.97. The summed E-state index contributed by atoms with van der Waals surface area (Å²) in [6, 6.07) is 0. The van der Waals surface area contributed by atoms with Gasteiger partial charge in [0, 0.05) is 17.7 Å². The molecule has 6 heteroatoms. The van der Waals surface area contributed by atoms with E-state index in [1.165, 1.54) is 5.56 Å². The van der Waals surface area contributed by atoms with E-state index in [0.29, 0.717) is 0 Å². The number of aromatic amines is 1. The van der Waals surface area contributed by atoms with Crippen molar-refractivity contribution in [2.24, 2.45) is 0 Å². The van der Waals surface area contributed by atoms with E-state index in [1.807, 2.05) is 6.20 Å². The standard InChI is InChI=1S/C13H21N5S/c1-9-10(8-15-16-9)6-5-7-14-12-18-17-11(19-12)13(2,3)4/h8H,5-7H2,1-4H3,(H,14,18)(H,15,16). The van der Waals surface area contributed by atoms with Crippen LogP contribution in [0.3, 0.4) is 0 Å². The first-order valence-corrected chi connectivity index (χ1v) is 7.35. The third-order valence-electron chi connectivity index (χ3n) is 2.90. The summed E-state index contributed by atoms with van der Waals surface area (Å²) in [6.07, 6.45) is 3.99. The molecule has 2 N–H and O–H groups in total. The number of nitrogens with one attached hydrogen (secondary N) is 2. The maximum Gasteiger partial charge on any atom is 0.205 e. The summed E-state index contributed by atoms with van der Waals surface area (Å²) in [6.45, 7) is 9.41. The second kappa shape index (κ2) is 5.69. The number of hydrogen-bond acceptors (Lipinski definition) is 5. The molecule has 2 aromatic heterocycles. The predicted octanol–water partition coefficient (Wildman–Crippen LogP) is 2.91. The predicted molar refractivity (Wildman–Crippen MR) is 78.7 cm³/mol. The second-order valence-corrected chi connectivity index (χ2v) is 6.69. The minimum atomic E-state index is 0.0749. The summed E-state index contributed by atoms with van der Waals surface area (Å²) in [5, 5.41) is 20.7.